The molecule has 1 aromatic heterocycles. The Bertz CT molecular complexity index is 1020. The number of unbranched alkanes of at least 4 members (excludes halogenated alkanes) is 19. The molecule has 1 aliphatic heterocycles. The Labute approximate surface area is 261 Å². The molecule has 0 spiro atoms. The summed E-state index contributed by atoms with van der Waals surface area (Å²) >= 11 is 0. The molecule has 1 aromatic carbocycles. The van der Waals surface area contributed by atoms with Crippen LogP contribution in [-0.4, -0.2) is 58.6 Å². The highest BCUT2D eigenvalue weighted by Gasteiger charge is 2.21. The summed E-state index contributed by atoms with van der Waals surface area (Å²) in [6.45, 7) is 6.95. The fraction of sp³-hybridized carbons (Fsp3) is 0.750. The van der Waals surface area contributed by atoms with Crippen LogP contribution in [0.3, 0.4) is 0 Å². The van der Waals surface area contributed by atoms with Crippen LogP contribution in [0.25, 0.3) is 0 Å². The second-order valence-electron chi connectivity index (χ2n) is 12.8. The van der Waals surface area contributed by atoms with E-state index in [0.717, 1.165) is 38.3 Å². The van der Waals surface area contributed by atoms with Gasteiger partial charge in [-0.05, 0) is 30.7 Å². The van der Waals surface area contributed by atoms with Gasteiger partial charge in [-0.1, -0.05) is 146 Å². The summed E-state index contributed by atoms with van der Waals surface area (Å²) in [6.07, 6.45) is 28.8. The Hall–Kier alpha value is -2.41. The Kier molecular flexibility index (Phi) is 18.1. The Morgan fingerprint density at radius 2 is 1.16 bits per heavy atom. The number of hydrogen-bond donors (Lipinski definition) is 1. The number of nitrogens with one attached hydrogen (secondary N) is 1. The van der Waals surface area contributed by atoms with Crippen molar-refractivity contribution in [2.24, 2.45) is 0 Å². The molecule has 7 nitrogen and oxygen atoms in total. The molecule has 0 bridgehead atoms. The molecule has 1 N–H and O–H groups in total. The lowest BCUT2D eigenvalue weighted by molar-refractivity contribution is 0.0635. The maximum Gasteiger partial charge on any atom is 0.438 e. The summed E-state index contributed by atoms with van der Waals surface area (Å²) in [5, 5.41) is 3.70. The lowest BCUT2D eigenvalue weighted by Crippen LogP contribution is -2.48. The van der Waals surface area contributed by atoms with Gasteiger partial charge in [0, 0.05) is 38.2 Å². The van der Waals surface area contributed by atoms with E-state index >= 15 is 0 Å². The van der Waals surface area contributed by atoms with E-state index in [-0.39, 0.29) is 5.91 Å². The van der Waals surface area contributed by atoms with E-state index < -0.39 is 5.76 Å². The van der Waals surface area contributed by atoms with E-state index in [1.807, 2.05) is 29.2 Å². The molecular weight excluding hydrogens is 536 g/mol. The summed E-state index contributed by atoms with van der Waals surface area (Å²) in [5.41, 5.74) is 1.68. The third-order valence-electron chi connectivity index (χ3n) is 9.04. The quantitative estimate of drug-likeness (QED) is 0.123. The van der Waals surface area contributed by atoms with Crippen molar-refractivity contribution in [1.29, 1.82) is 0 Å². The second-order valence-corrected chi connectivity index (χ2v) is 12.8. The molecule has 1 aliphatic rings. The number of amides is 1. The zero-order valence-corrected chi connectivity index (χ0v) is 27.3. The Morgan fingerprint density at radius 3 is 1.60 bits per heavy atom. The zero-order chi connectivity index (χ0) is 30.4. The highest BCUT2D eigenvalue weighted by Crippen LogP contribution is 2.16. The van der Waals surface area contributed by atoms with Crippen molar-refractivity contribution in [2.45, 2.75) is 142 Å². The van der Waals surface area contributed by atoms with Crippen LogP contribution in [-0.2, 0) is 6.42 Å². The normalized spacial score (nSPS) is 14.0. The van der Waals surface area contributed by atoms with E-state index in [9.17, 15) is 9.59 Å². The van der Waals surface area contributed by atoms with Gasteiger partial charge in [0.05, 0.1) is 0 Å². The number of carbonyl (C=O) groups excluding carboxylic acids is 1. The van der Waals surface area contributed by atoms with Gasteiger partial charge in [-0.3, -0.25) is 19.2 Å². The largest absolute Gasteiger partial charge is 0.438 e. The average molecular weight is 597 g/mol. The highest BCUT2D eigenvalue weighted by atomic mass is 16.5. The van der Waals surface area contributed by atoms with Crippen LogP contribution >= 0.6 is 0 Å². The van der Waals surface area contributed by atoms with Crippen LogP contribution < -0.4 is 5.76 Å². The number of aromatic nitrogens is 2. The molecule has 43 heavy (non-hydrogen) atoms. The molecule has 0 radical (unpaired) electrons. The minimum Gasteiger partial charge on any atom is -0.336 e. The minimum absolute atomic E-state index is 0.0971. The number of rotatable bonds is 24. The van der Waals surface area contributed by atoms with Crippen molar-refractivity contribution in [3.05, 3.63) is 51.8 Å². The monoisotopic (exact) mass is 596 g/mol. The fourth-order valence-corrected chi connectivity index (χ4v) is 6.24. The van der Waals surface area contributed by atoms with Gasteiger partial charge in [0.1, 0.15) is 0 Å². The van der Waals surface area contributed by atoms with Crippen LogP contribution in [0.5, 0.6) is 0 Å². The van der Waals surface area contributed by atoms with Crippen LogP contribution in [0.15, 0.2) is 33.6 Å². The first kappa shape index (κ1) is 35.1. The molecule has 242 valence electrons. The van der Waals surface area contributed by atoms with Crippen molar-refractivity contribution in [3.8, 4) is 0 Å². The molecule has 0 atom stereocenters. The predicted octanol–water partition coefficient (Wildman–Crippen LogP) is 8.53. The van der Waals surface area contributed by atoms with Crippen LogP contribution in [0, 0.1) is 0 Å². The summed E-state index contributed by atoms with van der Waals surface area (Å²) in [6, 6.07) is 7.55. The Morgan fingerprint density at radius 1 is 0.698 bits per heavy atom. The molecule has 1 saturated heterocycles. The summed E-state index contributed by atoms with van der Waals surface area (Å²) in [7, 11) is 0. The molecule has 7 heteroatoms. The topological polar surface area (TPSA) is 82.4 Å². The summed E-state index contributed by atoms with van der Waals surface area (Å²) in [4.78, 5) is 31.1. The molecule has 0 saturated carbocycles. The van der Waals surface area contributed by atoms with Crippen molar-refractivity contribution >= 4 is 5.91 Å². The lowest BCUT2D eigenvalue weighted by atomic mass is 10.0. The van der Waals surface area contributed by atoms with Gasteiger partial charge in [0.25, 0.3) is 5.91 Å². The minimum atomic E-state index is -0.550. The smallest absolute Gasteiger partial charge is 0.336 e. The SMILES string of the molecule is CCCCCCCCCCCCCCCCCCCCCCN1CCN(C(=O)c2ccc(Cc3noc(=O)[nH]3)cc2)CC1. The third-order valence-corrected chi connectivity index (χ3v) is 9.04. The van der Waals surface area contributed by atoms with Crippen LogP contribution in [0.4, 0.5) is 0 Å². The van der Waals surface area contributed by atoms with E-state index in [1.54, 1.807) is 0 Å². The number of benzene rings is 1. The summed E-state index contributed by atoms with van der Waals surface area (Å²) < 4.78 is 4.54. The van der Waals surface area contributed by atoms with Gasteiger partial charge in [0.2, 0.25) is 0 Å². The number of nitrogens with zero attached hydrogens (tertiary/aromatic N) is 3. The highest BCUT2D eigenvalue weighted by molar-refractivity contribution is 5.94. The number of hydrogen-bond acceptors (Lipinski definition) is 5. The fourth-order valence-electron chi connectivity index (χ4n) is 6.24. The number of aromatic amines is 1. The maximum atomic E-state index is 13.0. The van der Waals surface area contributed by atoms with E-state index in [4.69, 9.17) is 0 Å². The zero-order valence-electron chi connectivity index (χ0n) is 27.3. The number of H-pyrrole nitrogens is 1. The van der Waals surface area contributed by atoms with Gasteiger partial charge in [-0.15, -0.1) is 0 Å². The van der Waals surface area contributed by atoms with Gasteiger partial charge in [-0.25, -0.2) is 4.79 Å². The van der Waals surface area contributed by atoms with Gasteiger partial charge < -0.3 is 4.90 Å². The summed E-state index contributed by atoms with van der Waals surface area (Å²) in [5.74, 6) is 0.0341. The van der Waals surface area contributed by atoms with E-state index in [1.165, 1.54) is 128 Å². The molecule has 3 rings (SSSR count). The standard InChI is InChI=1S/C36H60N4O3/c1-2-3-4-5-6-7-8-9-10-11-12-13-14-15-16-17-18-19-20-21-26-39-27-29-40(30-28-39)35(41)33-24-22-32(23-25-33)31-34-37-36(42)43-38-34/h22-25H,2-21,26-31H2,1H3,(H,37,38,42). The third kappa shape index (κ3) is 15.2. The molecule has 0 unspecified atom stereocenters. The van der Waals surface area contributed by atoms with Gasteiger partial charge >= 0.3 is 5.76 Å². The second kappa shape index (κ2) is 22.2. The van der Waals surface area contributed by atoms with Crippen LogP contribution in [0.2, 0.25) is 0 Å². The van der Waals surface area contributed by atoms with Crippen LogP contribution in [0.1, 0.15) is 157 Å². The first-order valence-corrected chi connectivity index (χ1v) is 17.8. The van der Waals surface area contributed by atoms with Gasteiger partial charge in [-0.2, -0.15) is 0 Å². The average Bonchev–Trinajstić information content (AvgIpc) is 3.44. The van der Waals surface area contributed by atoms with Gasteiger partial charge in [0.15, 0.2) is 5.82 Å². The molecule has 0 aliphatic carbocycles. The lowest BCUT2D eigenvalue weighted by Gasteiger charge is -2.34. The van der Waals surface area contributed by atoms with E-state index in [2.05, 4.69) is 26.5 Å². The molecular formula is C36H60N4O3. The molecule has 1 fully saturated rings. The molecule has 1 amide bonds. The number of piperazine rings is 1. The first-order chi connectivity index (χ1) is 21.2. The van der Waals surface area contributed by atoms with Crippen molar-refractivity contribution in [3.63, 3.8) is 0 Å². The Balaban J connectivity index is 1.08. The number of carbonyl (C=O) groups is 1. The maximum absolute atomic E-state index is 13.0. The predicted molar refractivity (Wildman–Crippen MR) is 177 cm³/mol. The van der Waals surface area contributed by atoms with E-state index in [0.29, 0.717) is 17.8 Å². The van der Waals surface area contributed by atoms with Crippen molar-refractivity contribution < 1.29 is 9.32 Å². The molecule has 2 aromatic rings. The van der Waals surface area contributed by atoms with Crippen molar-refractivity contribution in [2.75, 3.05) is 32.7 Å². The van der Waals surface area contributed by atoms with Crippen molar-refractivity contribution in [1.82, 2.24) is 19.9 Å². The molecule has 2 heterocycles. The first-order valence-electron chi connectivity index (χ1n) is 17.8.